The van der Waals surface area contributed by atoms with Crippen LogP contribution in [0.2, 0.25) is 0 Å². The number of nitrogens with zero attached hydrogens (tertiary/aromatic N) is 1. The normalized spacial score (nSPS) is 10.6. The molecule has 10 heteroatoms. The van der Waals surface area contributed by atoms with Crippen LogP contribution >= 0.6 is 11.8 Å². The Balaban J connectivity index is 1.67. The highest BCUT2D eigenvalue weighted by Crippen LogP contribution is 2.30. The van der Waals surface area contributed by atoms with Gasteiger partial charge < -0.3 is 25.0 Å². The van der Waals surface area contributed by atoms with Crippen LogP contribution in [-0.2, 0) is 9.47 Å². The summed E-state index contributed by atoms with van der Waals surface area (Å²) in [6, 6.07) is 10.7. The zero-order valence-electron chi connectivity index (χ0n) is 17.2. The van der Waals surface area contributed by atoms with Crippen LogP contribution < -0.4 is 5.32 Å². The molecule has 0 bridgehead atoms. The first kappa shape index (κ1) is 22.9. The van der Waals surface area contributed by atoms with Crippen LogP contribution in [0.1, 0.15) is 31.3 Å². The molecule has 1 amide bonds. The number of hydrogen-bond acceptors (Lipinski definition) is 9. The van der Waals surface area contributed by atoms with Crippen LogP contribution in [0.4, 0.5) is 0 Å². The third kappa shape index (κ3) is 5.09. The van der Waals surface area contributed by atoms with E-state index in [-0.39, 0.29) is 35.0 Å². The number of esters is 2. The van der Waals surface area contributed by atoms with E-state index in [1.54, 1.807) is 12.1 Å². The van der Waals surface area contributed by atoms with Crippen molar-refractivity contribution in [3.63, 3.8) is 0 Å². The average molecular weight is 456 g/mol. The Morgan fingerprint density at radius 2 is 1.62 bits per heavy atom. The van der Waals surface area contributed by atoms with Gasteiger partial charge in [0.2, 0.25) is 0 Å². The van der Waals surface area contributed by atoms with Crippen molar-refractivity contribution in [1.82, 2.24) is 10.3 Å². The number of carbonyl (C=O) groups is 3. The average Bonchev–Trinajstić information content (AvgIpc) is 2.80. The van der Waals surface area contributed by atoms with Gasteiger partial charge in [0, 0.05) is 22.6 Å². The van der Waals surface area contributed by atoms with Gasteiger partial charge in [-0.25, -0.2) is 14.6 Å². The lowest BCUT2D eigenvalue weighted by Crippen LogP contribution is -2.25. The van der Waals surface area contributed by atoms with E-state index in [9.17, 15) is 24.6 Å². The highest BCUT2D eigenvalue weighted by atomic mass is 32.2. The lowest BCUT2D eigenvalue weighted by atomic mass is 10.0. The van der Waals surface area contributed by atoms with Crippen molar-refractivity contribution >= 4 is 40.4 Å². The number of benzene rings is 2. The number of fused-ring (bicyclic) bond motifs is 1. The number of aromatic nitrogens is 1. The summed E-state index contributed by atoms with van der Waals surface area (Å²) in [5, 5.41) is 23.8. The molecule has 0 saturated carbocycles. The number of phenolic OH excluding ortho intramolecular Hbond substituents is 2. The van der Waals surface area contributed by atoms with Crippen LogP contribution in [0.3, 0.4) is 0 Å². The molecule has 0 fully saturated rings. The Labute approximate surface area is 187 Å². The minimum Gasteiger partial charge on any atom is -0.507 e. The number of thioether (sulfide) groups is 1. The molecule has 0 aliphatic carbocycles. The van der Waals surface area contributed by atoms with E-state index in [0.29, 0.717) is 21.4 Å². The number of methoxy groups -OCH3 is 2. The van der Waals surface area contributed by atoms with Gasteiger partial charge in [-0.05, 0) is 35.7 Å². The smallest absolute Gasteiger partial charge is 0.356 e. The highest BCUT2D eigenvalue weighted by Gasteiger charge is 2.17. The van der Waals surface area contributed by atoms with Crippen molar-refractivity contribution in [3.05, 3.63) is 59.4 Å². The molecule has 3 rings (SSSR count). The molecule has 0 spiro atoms. The third-order valence-corrected chi connectivity index (χ3v) is 5.44. The number of rotatable bonds is 7. The van der Waals surface area contributed by atoms with Gasteiger partial charge in [-0.15, -0.1) is 11.8 Å². The molecule has 32 heavy (non-hydrogen) atoms. The molecular formula is C22H20N2O7S. The molecule has 166 valence electrons. The van der Waals surface area contributed by atoms with Gasteiger partial charge in [0.05, 0.1) is 19.8 Å². The van der Waals surface area contributed by atoms with Crippen molar-refractivity contribution in [2.75, 3.05) is 26.5 Å². The Kier molecular flexibility index (Phi) is 7.16. The minimum atomic E-state index is -0.691. The predicted octanol–water partition coefficient (Wildman–Crippen LogP) is 2.74. The van der Waals surface area contributed by atoms with Crippen LogP contribution in [0.25, 0.3) is 10.8 Å². The van der Waals surface area contributed by atoms with Crippen LogP contribution in [0, 0.1) is 0 Å². The standard InChI is InChI=1S/C22H20N2O7S/c1-30-21(28)16-9-13(10-17(24-16)22(29)31-2)32-7-6-23-20(27)15-8-12-4-3-5-18(25)14(12)11-19(15)26/h3-5,8-11,25-26H,6-7H2,1-2H3,(H,23,27). The summed E-state index contributed by atoms with van der Waals surface area (Å²) in [4.78, 5) is 40.6. The summed E-state index contributed by atoms with van der Waals surface area (Å²) in [7, 11) is 2.42. The number of carbonyl (C=O) groups excluding carboxylic acids is 3. The third-order valence-electron chi connectivity index (χ3n) is 4.46. The molecule has 0 atom stereocenters. The Bertz CT molecular complexity index is 1160. The van der Waals surface area contributed by atoms with E-state index in [1.165, 1.54) is 56.3 Å². The topological polar surface area (TPSA) is 135 Å². The first-order valence-electron chi connectivity index (χ1n) is 9.38. The van der Waals surface area contributed by atoms with Crippen LogP contribution in [0.15, 0.2) is 47.4 Å². The van der Waals surface area contributed by atoms with Gasteiger partial charge in [0.15, 0.2) is 0 Å². The zero-order chi connectivity index (χ0) is 23.3. The van der Waals surface area contributed by atoms with Crippen molar-refractivity contribution in [1.29, 1.82) is 0 Å². The lowest BCUT2D eigenvalue weighted by molar-refractivity contribution is 0.0584. The van der Waals surface area contributed by atoms with Gasteiger partial charge in [-0.2, -0.15) is 0 Å². The number of phenols is 2. The molecule has 2 aromatic carbocycles. The number of pyridine rings is 1. The van der Waals surface area contributed by atoms with Gasteiger partial charge in [0.1, 0.15) is 22.9 Å². The number of amides is 1. The fourth-order valence-corrected chi connectivity index (χ4v) is 3.74. The van der Waals surface area contributed by atoms with Gasteiger partial charge in [-0.1, -0.05) is 12.1 Å². The maximum Gasteiger partial charge on any atom is 0.356 e. The van der Waals surface area contributed by atoms with Crippen LogP contribution in [0.5, 0.6) is 11.5 Å². The first-order chi connectivity index (χ1) is 15.3. The molecule has 3 N–H and O–H groups in total. The zero-order valence-corrected chi connectivity index (χ0v) is 18.1. The first-order valence-corrected chi connectivity index (χ1v) is 10.4. The Morgan fingerprint density at radius 3 is 2.25 bits per heavy atom. The van der Waals surface area contributed by atoms with Crippen molar-refractivity contribution in [2.45, 2.75) is 4.90 Å². The second-order valence-corrected chi connectivity index (χ2v) is 7.70. The Morgan fingerprint density at radius 1 is 0.969 bits per heavy atom. The SMILES string of the molecule is COC(=O)c1cc(SCCNC(=O)c2cc3cccc(O)c3cc2O)cc(C(=O)OC)n1. The minimum absolute atomic E-state index is 0.0103. The monoisotopic (exact) mass is 456 g/mol. The van der Waals surface area contributed by atoms with Gasteiger partial charge in [0.25, 0.3) is 5.91 Å². The lowest BCUT2D eigenvalue weighted by Gasteiger charge is -2.10. The van der Waals surface area contributed by atoms with E-state index in [1.807, 2.05) is 0 Å². The van der Waals surface area contributed by atoms with E-state index < -0.39 is 17.8 Å². The van der Waals surface area contributed by atoms with E-state index in [0.717, 1.165) is 0 Å². The summed E-state index contributed by atoms with van der Waals surface area (Å²) in [6.07, 6.45) is 0. The largest absolute Gasteiger partial charge is 0.507 e. The molecule has 0 aliphatic heterocycles. The molecule has 9 nitrogen and oxygen atoms in total. The summed E-state index contributed by atoms with van der Waals surface area (Å²) < 4.78 is 9.31. The maximum atomic E-state index is 12.5. The summed E-state index contributed by atoms with van der Waals surface area (Å²) in [5.41, 5.74) is 0.00974. The molecule has 0 unspecified atom stereocenters. The molecule has 0 radical (unpaired) electrons. The summed E-state index contributed by atoms with van der Waals surface area (Å²) in [6.45, 7) is 0.241. The van der Waals surface area contributed by atoms with Gasteiger partial charge >= 0.3 is 11.9 Å². The second kappa shape index (κ2) is 10.0. The molecule has 3 aromatic rings. The number of hydrogen-bond donors (Lipinski definition) is 3. The number of aromatic hydroxyl groups is 2. The maximum absolute atomic E-state index is 12.5. The molecular weight excluding hydrogens is 436 g/mol. The number of ether oxygens (including phenoxy) is 2. The highest BCUT2D eigenvalue weighted by molar-refractivity contribution is 7.99. The molecule has 1 aromatic heterocycles. The van der Waals surface area contributed by atoms with E-state index in [4.69, 9.17) is 0 Å². The molecule has 0 saturated heterocycles. The van der Waals surface area contributed by atoms with E-state index >= 15 is 0 Å². The van der Waals surface area contributed by atoms with Crippen molar-refractivity contribution in [2.24, 2.45) is 0 Å². The molecule has 1 heterocycles. The number of nitrogens with one attached hydrogen (secondary N) is 1. The fourth-order valence-electron chi connectivity index (χ4n) is 2.92. The van der Waals surface area contributed by atoms with Crippen molar-refractivity contribution in [3.8, 4) is 11.5 Å². The summed E-state index contributed by atoms with van der Waals surface area (Å²) in [5.74, 6) is -1.69. The predicted molar refractivity (Wildman–Crippen MR) is 117 cm³/mol. The van der Waals surface area contributed by atoms with E-state index in [2.05, 4.69) is 19.8 Å². The quantitative estimate of drug-likeness (QED) is 0.279. The second-order valence-electron chi connectivity index (χ2n) is 6.53. The molecule has 0 aliphatic rings. The van der Waals surface area contributed by atoms with Crippen LogP contribution in [-0.4, -0.2) is 59.6 Å². The van der Waals surface area contributed by atoms with Crippen molar-refractivity contribution < 1.29 is 34.1 Å². The Hall–Kier alpha value is -3.79. The summed E-state index contributed by atoms with van der Waals surface area (Å²) >= 11 is 1.28. The van der Waals surface area contributed by atoms with Gasteiger partial charge in [-0.3, -0.25) is 4.79 Å². The fraction of sp³-hybridized carbons (Fsp3) is 0.182.